The zero-order valence-corrected chi connectivity index (χ0v) is 11.1. The third-order valence-corrected chi connectivity index (χ3v) is 3.63. The average Bonchev–Trinajstić information content (AvgIpc) is 2.98. The summed E-state index contributed by atoms with van der Waals surface area (Å²) in [4.78, 5) is 18.2. The van der Waals surface area contributed by atoms with Gasteiger partial charge in [0, 0.05) is 15.3 Å². The Bertz CT molecular complexity index is 683. The van der Waals surface area contributed by atoms with Crippen LogP contribution in [0.3, 0.4) is 0 Å². The number of thiophene rings is 1. The molecule has 4 heteroatoms. The second kappa shape index (κ2) is 4.82. The Morgan fingerprint density at radius 1 is 1.16 bits per heavy atom. The molecule has 3 rings (SSSR count). The van der Waals surface area contributed by atoms with E-state index in [-0.39, 0.29) is 0 Å². The monoisotopic (exact) mass is 269 g/mol. The lowest BCUT2D eigenvalue weighted by molar-refractivity contribution is -0.129. The van der Waals surface area contributed by atoms with Gasteiger partial charge in [0.25, 0.3) is 0 Å². The summed E-state index contributed by atoms with van der Waals surface area (Å²) in [7, 11) is 0. The maximum absolute atomic E-state index is 11.8. The first-order valence-corrected chi connectivity index (χ1v) is 6.68. The topological polar surface area (TPSA) is 38.7 Å². The molecule has 2 heterocycles. The SMILES string of the molecule is Cc1ccc(C=C2N=C(c3ccccc3)OC2=O)s1. The highest BCUT2D eigenvalue weighted by molar-refractivity contribution is 7.12. The van der Waals surface area contributed by atoms with Crippen LogP contribution in [0.25, 0.3) is 6.08 Å². The number of esters is 1. The van der Waals surface area contributed by atoms with Crippen molar-refractivity contribution in [3.8, 4) is 0 Å². The normalized spacial score (nSPS) is 16.6. The molecule has 3 nitrogen and oxygen atoms in total. The van der Waals surface area contributed by atoms with E-state index in [0.29, 0.717) is 11.6 Å². The van der Waals surface area contributed by atoms with Gasteiger partial charge in [0.05, 0.1) is 0 Å². The van der Waals surface area contributed by atoms with Crippen LogP contribution in [0, 0.1) is 6.92 Å². The Labute approximate surface area is 114 Å². The fourth-order valence-electron chi connectivity index (χ4n) is 1.78. The molecule has 0 N–H and O–H groups in total. The highest BCUT2D eigenvalue weighted by Gasteiger charge is 2.23. The van der Waals surface area contributed by atoms with Crippen molar-refractivity contribution in [2.75, 3.05) is 0 Å². The highest BCUT2D eigenvalue weighted by Crippen LogP contribution is 2.22. The van der Waals surface area contributed by atoms with E-state index in [4.69, 9.17) is 4.74 Å². The van der Waals surface area contributed by atoms with Crippen molar-refractivity contribution < 1.29 is 9.53 Å². The fraction of sp³-hybridized carbons (Fsp3) is 0.0667. The molecular formula is C15H11NO2S. The number of aryl methyl sites for hydroxylation is 1. The zero-order valence-electron chi connectivity index (χ0n) is 10.3. The van der Waals surface area contributed by atoms with Gasteiger partial charge >= 0.3 is 5.97 Å². The van der Waals surface area contributed by atoms with E-state index in [9.17, 15) is 4.79 Å². The summed E-state index contributed by atoms with van der Waals surface area (Å²) in [5, 5.41) is 0. The van der Waals surface area contributed by atoms with Crippen molar-refractivity contribution in [1.82, 2.24) is 0 Å². The van der Waals surface area contributed by atoms with Crippen LogP contribution in [0.5, 0.6) is 0 Å². The Morgan fingerprint density at radius 2 is 1.95 bits per heavy atom. The van der Waals surface area contributed by atoms with Crippen LogP contribution in [-0.2, 0) is 9.53 Å². The van der Waals surface area contributed by atoms with E-state index >= 15 is 0 Å². The summed E-state index contributed by atoms with van der Waals surface area (Å²) in [5.41, 5.74) is 1.15. The predicted octanol–water partition coefficient (Wildman–Crippen LogP) is 3.40. The van der Waals surface area contributed by atoms with Crippen molar-refractivity contribution in [3.05, 3.63) is 63.5 Å². The smallest absolute Gasteiger partial charge is 0.363 e. The summed E-state index contributed by atoms with van der Waals surface area (Å²) < 4.78 is 5.19. The van der Waals surface area contributed by atoms with Gasteiger partial charge in [-0.05, 0) is 37.3 Å². The first-order chi connectivity index (χ1) is 9.22. The molecule has 94 valence electrons. The number of carbonyl (C=O) groups is 1. The lowest BCUT2D eigenvalue weighted by Gasteiger charge is -1.97. The van der Waals surface area contributed by atoms with Gasteiger partial charge in [-0.15, -0.1) is 11.3 Å². The number of aliphatic imine (C=N–C) groups is 1. The molecule has 0 atom stereocenters. The van der Waals surface area contributed by atoms with E-state index in [1.807, 2.05) is 49.4 Å². The number of benzene rings is 1. The predicted molar refractivity (Wildman–Crippen MR) is 76.1 cm³/mol. The van der Waals surface area contributed by atoms with E-state index in [1.54, 1.807) is 17.4 Å². The molecule has 0 aliphatic carbocycles. The maximum atomic E-state index is 11.8. The molecule has 0 radical (unpaired) electrons. The van der Waals surface area contributed by atoms with Gasteiger partial charge in [0.2, 0.25) is 5.90 Å². The molecule has 0 spiro atoms. The molecule has 0 bridgehead atoms. The van der Waals surface area contributed by atoms with Gasteiger partial charge in [0.1, 0.15) is 0 Å². The van der Waals surface area contributed by atoms with Crippen molar-refractivity contribution >= 4 is 29.3 Å². The minimum absolute atomic E-state index is 0.348. The molecule has 1 aliphatic heterocycles. The van der Waals surface area contributed by atoms with Gasteiger partial charge in [-0.2, -0.15) is 0 Å². The summed E-state index contributed by atoms with van der Waals surface area (Å²) in [6.07, 6.45) is 1.76. The summed E-state index contributed by atoms with van der Waals surface area (Å²) in [6, 6.07) is 13.4. The molecule has 1 aromatic carbocycles. The second-order valence-electron chi connectivity index (χ2n) is 4.15. The molecule has 2 aromatic rings. The van der Waals surface area contributed by atoms with Crippen molar-refractivity contribution in [1.29, 1.82) is 0 Å². The number of carbonyl (C=O) groups excluding carboxylic acids is 1. The lowest BCUT2D eigenvalue weighted by Crippen LogP contribution is -2.04. The standard InChI is InChI=1S/C15H11NO2S/c1-10-7-8-12(19-10)9-13-15(17)18-14(16-13)11-5-3-2-4-6-11/h2-9H,1H3. The van der Waals surface area contributed by atoms with Crippen LogP contribution >= 0.6 is 11.3 Å². The molecule has 0 amide bonds. The van der Waals surface area contributed by atoms with E-state index in [0.717, 1.165) is 10.4 Å². The second-order valence-corrected chi connectivity index (χ2v) is 5.47. The molecule has 1 aromatic heterocycles. The Balaban J connectivity index is 1.94. The average molecular weight is 269 g/mol. The van der Waals surface area contributed by atoms with Crippen LogP contribution < -0.4 is 0 Å². The molecule has 19 heavy (non-hydrogen) atoms. The molecule has 0 saturated carbocycles. The third-order valence-electron chi connectivity index (χ3n) is 2.68. The van der Waals surface area contributed by atoms with E-state index in [1.165, 1.54) is 4.88 Å². The largest absolute Gasteiger partial charge is 0.402 e. The molecule has 0 unspecified atom stereocenters. The van der Waals surface area contributed by atoms with Crippen LogP contribution in [0.4, 0.5) is 0 Å². The Kier molecular flexibility index (Phi) is 3.01. The quantitative estimate of drug-likeness (QED) is 0.619. The molecule has 0 fully saturated rings. The number of ether oxygens (including phenoxy) is 1. The number of nitrogens with zero attached hydrogens (tertiary/aromatic N) is 1. The molecule has 1 aliphatic rings. The van der Waals surface area contributed by atoms with Crippen LogP contribution in [0.15, 0.2) is 53.2 Å². The highest BCUT2D eigenvalue weighted by atomic mass is 32.1. The van der Waals surface area contributed by atoms with Crippen LogP contribution in [0.2, 0.25) is 0 Å². The summed E-state index contributed by atoms with van der Waals surface area (Å²) >= 11 is 1.62. The number of hydrogen-bond acceptors (Lipinski definition) is 4. The first kappa shape index (κ1) is 11.9. The number of cyclic esters (lactones) is 1. The van der Waals surface area contributed by atoms with Gasteiger partial charge in [-0.1, -0.05) is 18.2 Å². The molecule has 0 saturated heterocycles. The van der Waals surface area contributed by atoms with Gasteiger partial charge in [0.15, 0.2) is 5.70 Å². The van der Waals surface area contributed by atoms with E-state index in [2.05, 4.69) is 4.99 Å². The van der Waals surface area contributed by atoms with Crippen molar-refractivity contribution in [2.24, 2.45) is 4.99 Å². The van der Waals surface area contributed by atoms with Crippen molar-refractivity contribution in [2.45, 2.75) is 6.92 Å². The summed E-state index contributed by atoms with van der Waals surface area (Å²) in [5.74, 6) is -0.0324. The Hall–Kier alpha value is -2.20. The number of rotatable bonds is 2. The van der Waals surface area contributed by atoms with Gasteiger partial charge in [-0.3, -0.25) is 0 Å². The van der Waals surface area contributed by atoms with Crippen LogP contribution in [-0.4, -0.2) is 11.9 Å². The van der Waals surface area contributed by atoms with E-state index < -0.39 is 5.97 Å². The summed E-state index contributed by atoms with van der Waals surface area (Å²) in [6.45, 7) is 2.03. The molecular weight excluding hydrogens is 258 g/mol. The first-order valence-electron chi connectivity index (χ1n) is 5.87. The van der Waals surface area contributed by atoms with Crippen LogP contribution in [0.1, 0.15) is 15.3 Å². The minimum Gasteiger partial charge on any atom is -0.402 e. The third kappa shape index (κ3) is 2.48. The zero-order chi connectivity index (χ0) is 13.2. The minimum atomic E-state index is -0.398. The lowest BCUT2D eigenvalue weighted by atomic mass is 10.2. The van der Waals surface area contributed by atoms with Crippen molar-refractivity contribution in [3.63, 3.8) is 0 Å². The van der Waals surface area contributed by atoms with Gasteiger partial charge < -0.3 is 4.74 Å². The maximum Gasteiger partial charge on any atom is 0.363 e. The fourth-order valence-corrected chi connectivity index (χ4v) is 2.59. The number of hydrogen-bond donors (Lipinski definition) is 0. The Morgan fingerprint density at radius 3 is 2.63 bits per heavy atom. The van der Waals surface area contributed by atoms with Gasteiger partial charge in [-0.25, -0.2) is 9.79 Å².